The SMILES string of the molecule is COc1ccc(/C=N/NC(=O)CSc2n[nH]c(=O)[nH]c2=O)c(Cl)c1O. The Labute approximate surface area is 149 Å². The van der Waals surface area contributed by atoms with Crippen LogP contribution in [-0.4, -0.2) is 45.3 Å². The Balaban J connectivity index is 1.93. The fraction of sp³-hybridized carbons (Fsp3) is 0.154. The summed E-state index contributed by atoms with van der Waals surface area (Å²) < 4.78 is 4.91. The highest BCUT2D eigenvalue weighted by Crippen LogP contribution is 2.35. The molecule has 25 heavy (non-hydrogen) atoms. The number of aromatic hydroxyl groups is 1. The molecule has 0 spiro atoms. The number of H-pyrrole nitrogens is 2. The second kappa shape index (κ2) is 8.35. The first-order valence-corrected chi connectivity index (χ1v) is 7.98. The molecule has 0 aliphatic carbocycles. The summed E-state index contributed by atoms with van der Waals surface area (Å²) in [6.07, 6.45) is 1.25. The number of methoxy groups -OCH3 is 1. The predicted molar refractivity (Wildman–Crippen MR) is 91.6 cm³/mol. The Morgan fingerprint density at radius 2 is 2.28 bits per heavy atom. The minimum atomic E-state index is -0.733. The van der Waals surface area contributed by atoms with Crippen LogP contribution in [0.1, 0.15) is 5.56 Å². The number of halogens is 1. The number of hydrazone groups is 1. The number of carbonyl (C=O) groups excluding carboxylic acids is 1. The fourth-order valence-electron chi connectivity index (χ4n) is 1.60. The summed E-state index contributed by atoms with van der Waals surface area (Å²) >= 11 is 6.78. The van der Waals surface area contributed by atoms with Crippen molar-refractivity contribution in [2.75, 3.05) is 12.9 Å². The molecule has 0 aliphatic heterocycles. The minimum Gasteiger partial charge on any atom is -0.503 e. The number of phenols is 1. The quantitative estimate of drug-likeness (QED) is 0.312. The van der Waals surface area contributed by atoms with E-state index in [4.69, 9.17) is 16.3 Å². The molecule has 2 rings (SSSR count). The lowest BCUT2D eigenvalue weighted by Crippen LogP contribution is -2.26. The Kier molecular flexibility index (Phi) is 6.19. The molecule has 1 heterocycles. The lowest BCUT2D eigenvalue weighted by Gasteiger charge is -2.06. The van der Waals surface area contributed by atoms with E-state index in [2.05, 4.69) is 20.7 Å². The van der Waals surface area contributed by atoms with Gasteiger partial charge in [0.2, 0.25) is 5.91 Å². The summed E-state index contributed by atoms with van der Waals surface area (Å²) in [5.74, 6) is -0.691. The first-order chi connectivity index (χ1) is 11.9. The highest BCUT2D eigenvalue weighted by molar-refractivity contribution is 7.99. The Hall–Kier alpha value is -2.79. The second-order valence-electron chi connectivity index (χ2n) is 4.41. The van der Waals surface area contributed by atoms with Gasteiger partial charge in [0.25, 0.3) is 5.56 Å². The van der Waals surface area contributed by atoms with Gasteiger partial charge in [0.1, 0.15) is 0 Å². The van der Waals surface area contributed by atoms with Crippen LogP contribution in [0, 0.1) is 0 Å². The highest BCUT2D eigenvalue weighted by atomic mass is 35.5. The van der Waals surface area contributed by atoms with Crippen LogP contribution in [0.3, 0.4) is 0 Å². The first-order valence-electron chi connectivity index (χ1n) is 6.61. The molecule has 0 saturated carbocycles. The van der Waals surface area contributed by atoms with E-state index in [1.807, 2.05) is 4.98 Å². The van der Waals surface area contributed by atoms with Gasteiger partial charge in [0.05, 0.1) is 24.1 Å². The van der Waals surface area contributed by atoms with Crippen LogP contribution in [0.15, 0.2) is 31.8 Å². The maximum atomic E-state index is 11.7. The van der Waals surface area contributed by atoms with E-state index in [9.17, 15) is 19.5 Å². The number of phenolic OH excluding ortho intramolecular Hbond substituents is 1. The highest BCUT2D eigenvalue weighted by Gasteiger charge is 2.10. The van der Waals surface area contributed by atoms with E-state index in [0.29, 0.717) is 5.56 Å². The van der Waals surface area contributed by atoms with Gasteiger partial charge in [-0.2, -0.15) is 10.2 Å². The van der Waals surface area contributed by atoms with Crippen LogP contribution in [0.2, 0.25) is 5.02 Å². The number of aromatic amines is 2. The molecular formula is C13H12ClN5O5S. The topological polar surface area (TPSA) is 150 Å². The van der Waals surface area contributed by atoms with Crippen LogP contribution in [0.4, 0.5) is 0 Å². The van der Waals surface area contributed by atoms with E-state index in [1.54, 1.807) is 6.07 Å². The van der Waals surface area contributed by atoms with Crippen LogP contribution >= 0.6 is 23.4 Å². The number of benzene rings is 1. The molecule has 0 fully saturated rings. The van der Waals surface area contributed by atoms with Gasteiger partial charge in [-0.1, -0.05) is 23.4 Å². The van der Waals surface area contributed by atoms with Gasteiger partial charge in [-0.25, -0.2) is 15.3 Å². The number of nitrogens with one attached hydrogen (secondary N) is 3. The number of carbonyl (C=O) groups is 1. The third-order valence-electron chi connectivity index (χ3n) is 2.74. The molecular weight excluding hydrogens is 374 g/mol. The summed E-state index contributed by atoms with van der Waals surface area (Å²) in [4.78, 5) is 35.9. The third kappa shape index (κ3) is 4.84. The van der Waals surface area contributed by atoms with E-state index in [1.165, 1.54) is 19.4 Å². The Morgan fingerprint density at radius 1 is 1.52 bits per heavy atom. The van der Waals surface area contributed by atoms with Gasteiger partial charge >= 0.3 is 5.69 Å². The van der Waals surface area contributed by atoms with E-state index in [0.717, 1.165) is 11.8 Å². The Morgan fingerprint density at radius 3 is 2.96 bits per heavy atom. The molecule has 0 unspecified atom stereocenters. The standard InChI is InChI=1S/C13H12ClN5O5S/c1-24-7-3-2-6(9(14)10(7)21)4-15-17-8(20)5-25-12-11(22)16-13(23)19-18-12/h2-4,21H,5H2,1H3,(H,17,20)(H2,16,19,22,23)/b15-4+. The Bertz CT molecular complexity index is 926. The summed E-state index contributed by atoms with van der Waals surface area (Å²) in [5, 5.41) is 19.0. The van der Waals surface area contributed by atoms with E-state index >= 15 is 0 Å². The number of aromatic nitrogens is 3. The molecule has 132 valence electrons. The van der Waals surface area contributed by atoms with Crippen LogP contribution in [0.5, 0.6) is 11.5 Å². The predicted octanol–water partition coefficient (Wildman–Crippen LogP) is 0.0682. The average molecular weight is 386 g/mol. The van der Waals surface area contributed by atoms with Gasteiger partial charge in [-0.15, -0.1) is 0 Å². The van der Waals surface area contributed by atoms with Crippen molar-refractivity contribution in [3.63, 3.8) is 0 Å². The van der Waals surface area contributed by atoms with Crippen molar-refractivity contribution in [1.82, 2.24) is 20.6 Å². The van der Waals surface area contributed by atoms with Gasteiger partial charge < -0.3 is 9.84 Å². The smallest absolute Gasteiger partial charge is 0.342 e. The molecule has 12 heteroatoms. The van der Waals surface area contributed by atoms with E-state index < -0.39 is 17.2 Å². The molecule has 1 amide bonds. The molecule has 0 saturated heterocycles. The second-order valence-corrected chi connectivity index (χ2v) is 5.76. The minimum absolute atomic E-state index is 0.0238. The molecule has 2 aromatic rings. The molecule has 1 aromatic heterocycles. The first kappa shape index (κ1) is 18.5. The number of rotatable bonds is 6. The molecule has 1 aromatic carbocycles. The lowest BCUT2D eigenvalue weighted by molar-refractivity contribution is -0.118. The number of ether oxygens (including phenoxy) is 1. The van der Waals surface area contributed by atoms with E-state index in [-0.39, 0.29) is 27.3 Å². The van der Waals surface area contributed by atoms with Crippen molar-refractivity contribution >= 4 is 35.5 Å². The number of nitrogens with zero attached hydrogens (tertiary/aromatic N) is 2. The van der Waals surface area contributed by atoms with Crippen molar-refractivity contribution in [3.05, 3.63) is 43.6 Å². The largest absolute Gasteiger partial charge is 0.503 e. The van der Waals surface area contributed by atoms with Crippen molar-refractivity contribution in [2.24, 2.45) is 5.10 Å². The molecule has 0 bridgehead atoms. The average Bonchev–Trinajstić information content (AvgIpc) is 2.58. The number of thioether (sulfide) groups is 1. The van der Waals surface area contributed by atoms with Gasteiger partial charge in [0, 0.05) is 5.56 Å². The van der Waals surface area contributed by atoms with Crippen molar-refractivity contribution in [1.29, 1.82) is 0 Å². The van der Waals surface area contributed by atoms with Gasteiger partial charge in [0.15, 0.2) is 16.5 Å². The maximum Gasteiger partial charge on any atom is 0.342 e. The summed E-state index contributed by atoms with van der Waals surface area (Å²) in [7, 11) is 1.39. The van der Waals surface area contributed by atoms with Crippen molar-refractivity contribution in [2.45, 2.75) is 5.03 Å². The lowest BCUT2D eigenvalue weighted by atomic mass is 10.2. The fourth-order valence-corrected chi connectivity index (χ4v) is 2.43. The molecule has 0 atom stereocenters. The van der Waals surface area contributed by atoms with Crippen molar-refractivity contribution < 1.29 is 14.6 Å². The summed E-state index contributed by atoms with van der Waals surface area (Å²) in [5.41, 5.74) is 1.18. The molecule has 0 aliphatic rings. The van der Waals surface area contributed by atoms with Crippen molar-refractivity contribution in [3.8, 4) is 11.5 Å². The molecule has 10 nitrogen and oxygen atoms in total. The maximum absolute atomic E-state index is 11.7. The third-order valence-corrected chi connectivity index (χ3v) is 4.10. The zero-order chi connectivity index (χ0) is 18.4. The van der Waals surface area contributed by atoms with Gasteiger partial charge in [-0.3, -0.25) is 14.6 Å². The number of amides is 1. The van der Waals surface area contributed by atoms with Gasteiger partial charge in [-0.05, 0) is 12.1 Å². The number of hydrogen-bond donors (Lipinski definition) is 4. The zero-order valence-corrected chi connectivity index (χ0v) is 14.3. The van der Waals surface area contributed by atoms with Crippen LogP contribution in [0.25, 0.3) is 0 Å². The summed E-state index contributed by atoms with van der Waals surface area (Å²) in [6, 6.07) is 3.05. The zero-order valence-electron chi connectivity index (χ0n) is 12.7. The monoisotopic (exact) mass is 385 g/mol. The van der Waals surface area contributed by atoms with Crippen LogP contribution in [-0.2, 0) is 4.79 Å². The molecule has 4 N–H and O–H groups in total. The van der Waals surface area contributed by atoms with Crippen LogP contribution < -0.4 is 21.4 Å². The normalized spacial score (nSPS) is 10.8. The number of hydrogen-bond acceptors (Lipinski definition) is 8. The summed E-state index contributed by atoms with van der Waals surface area (Å²) in [6.45, 7) is 0. The molecule has 0 radical (unpaired) electrons.